The average Bonchev–Trinajstić information content (AvgIpc) is 2.34. The number of pyridine rings is 1. The number of methoxy groups -OCH3 is 1. The molecule has 88 valence electrons. The minimum atomic E-state index is 0.157. The van der Waals surface area contributed by atoms with Crippen molar-refractivity contribution in [1.29, 1.82) is 0 Å². The second kappa shape index (κ2) is 4.61. The lowest BCUT2D eigenvalue weighted by molar-refractivity contribution is 0.416. The minimum Gasteiger partial charge on any atom is -0.506 e. The summed E-state index contributed by atoms with van der Waals surface area (Å²) < 4.78 is 5.09. The molecule has 2 rings (SSSR count). The number of nitrogens with zero attached hydrogens (tertiary/aromatic N) is 1. The van der Waals surface area contributed by atoms with Crippen molar-refractivity contribution in [1.82, 2.24) is 4.98 Å². The van der Waals surface area contributed by atoms with Crippen molar-refractivity contribution in [2.24, 2.45) is 0 Å². The van der Waals surface area contributed by atoms with Gasteiger partial charge >= 0.3 is 0 Å². The number of phenols is 1. The van der Waals surface area contributed by atoms with Crippen LogP contribution < -0.4 is 15.8 Å². The van der Waals surface area contributed by atoms with E-state index in [1.54, 1.807) is 24.3 Å². The molecule has 0 unspecified atom stereocenters. The van der Waals surface area contributed by atoms with Gasteiger partial charge in [0.15, 0.2) is 0 Å². The van der Waals surface area contributed by atoms with Gasteiger partial charge in [-0.15, -0.1) is 0 Å². The molecule has 5 nitrogen and oxygen atoms in total. The summed E-state index contributed by atoms with van der Waals surface area (Å²) >= 11 is 0. The van der Waals surface area contributed by atoms with E-state index in [-0.39, 0.29) is 5.75 Å². The van der Waals surface area contributed by atoms with Crippen LogP contribution in [0.25, 0.3) is 0 Å². The largest absolute Gasteiger partial charge is 0.506 e. The molecule has 0 aliphatic heterocycles. The van der Waals surface area contributed by atoms with Gasteiger partial charge in [-0.1, -0.05) is 12.1 Å². The number of aromatic hydroxyl groups is 1. The molecule has 4 N–H and O–H groups in total. The molecule has 2 aromatic rings. The van der Waals surface area contributed by atoms with E-state index in [1.165, 1.54) is 13.3 Å². The highest BCUT2D eigenvalue weighted by Gasteiger charge is 2.04. The minimum absolute atomic E-state index is 0.157. The van der Waals surface area contributed by atoms with E-state index in [1.807, 2.05) is 6.07 Å². The Kier molecular flexibility index (Phi) is 3.00. The summed E-state index contributed by atoms with van der Waals surface area (Å²) in [6, 6.07) is 8.58. The molecule has 0 bridgehead atoms. The Morgan fingerprint density at radius 3 is 2.82 bits per heavy atom. The summed E-state index contributed by atoms with van der Waals surface area (Å²) in [6.07, 6.45) is 1.50. The highest BCUT2D eigenvalue weighted by atomic mass is 16.5. The average molecular weight is 231 g/mol. The molecule has 0 spiro atoms. The highest BCUT2D eigenvalue weighted by Crippen LogP contribution is 2.28. The number of rotatable bonds is 3. The molecule has 0 saturated carbocycles. The summed E-state index contributed by atoms with van der Waals surface area (Å²) in [6.45, 7) is 0. The van der Waals surface area contributed by atoms with Crippen molar-refractivity contribution >= 4 is 17.2 Å². The first-order chi connectivity index (χ1) is 8.20. The molecule has 1 aromatic carbocycles. The quantitative estimate of drug-likeness (QED) is 0.705. The smallest absolute Gasteiger partial charge is 0.147 e. The number of phenolic OH excluding ortho intramolecular Hbond substituents is 1. The van der Waals surface area contributed by atoms with Gasteiger partial charge in [0.2, 0.25) is 0 Å². The van der Waals surface area contributed by atoms with Crippen molar-refractivity contribution in [3.63, 3.8) is 0 Å². The van der Waals surface area contributed by atoms with Crippen molar-refractivity contribution in [3.8, 4) is 11.5 Å². The van der Waals surface area contributed by atoms with E-state index in [9.17, 15) is 5.11 Å². The fourth-order valence-corrected chi connectivity index (χ4v) is 1.41. The predicted molar refractivity (Wildman–Crippen MR) is 66.6 cm³/mol. The number of nitrogens with two attached hydrogens (primary N) is 1. The van der Waals surface area contributed by atoms with Crippen LogP contribution >= 0.6 is 0 Å². The molecule has 1 aromatic heterocycles. The second-order valence-electron chi connectivity index (χ2n) is 3.45. The van der Waals surface area contributed by atoms with Crippen LogP contribution in [0, 0.1) is 0 Å². The second-order valence-corrected chi connectivity index (χ2v) is 3.45. The number of aromatic nitrogens is 1. The van der Waals surface area contributed by atoms with E-state index in [0.29, 0.717) is 22.9 Å². The molecular weight excluding hydrogens is 218 g/mol. The van der Waals surface area contributed by atoms with Crippen LogP contribution in [0.3, 0.4) is 0 Å². The molecule has 0 aliphatic rings. The van der Waals surface area contributed by atoms with Crippen LogP contribution in [0.5, 0.6) is 11.5 Å². The summed E-state index contributed by atoms with van der Waals surface area (Å²) in [5.41, 5.74) is 6.70. The summed E-state index contributed by atoms with van der Waals surface area (Å²) in [5, 5.41) is 12.6. The maximum atomic E-state index is 9.61. The Hall–Kier alpha value is -2.43. The lowest BCUT2D eigenvalue weighted by Crippen LogP contribution is -1.98. The number of nitrogens with one attached hydrogen (secondary N) is 1. The van der Waals surface area contributed by atoms with Gasteiger partial charge in [-0.2, -0.15) is 0 Å². The molecule has 0 atom stereocenters. The topological polar surface area (TPSA) is 80.4 Å². The number of benzene rings is 1. The summed E-state index contributed by atoms with van der Waals surface area (Å²) in [4.78, 5) is 4.10. The van der Waals surface area contributed by atoms with Gasteiger partial charge in [0.25, 0.3) is 0 Å². The van der Waals surface area contributed by atoms with Gasteiger partial charge in [0.05, 0.1) is 24.7 Å². The Bertz CT molecular complexity index is 529. The molecule has 0 aliphatic carbocycles. The Morgan fingerprint density at radius 1 is 1.35 bits per heavy atom. The zero-order chi connectivity index (χ0) is 12.3. The Labute approximate surface area is 98.9 Å². The lowest BCUT2D eigenvalue weighted by Gasteiger charge is -2.09. The zero-order valence-electron chi connectivity index (χ0n) is 9.34. The van der Waals surface area contributed by atoms with Gasteiger partial charge in [0, 0.05) is 6.07 Å². The number of anilines is 3. The fraction of sp³-hybridized carbons (Fsp3) is 0.0833. The third-order valence-electron chi connectivity index (χ3n) is 2.28. The van der Waals surface area contributed by atoms with Crippen LogP contribution in [0.4, 0.5) is 17.2 Å². The van der Waals surface area contributed by atoms with Crippen molar-refractivity contribution in [2.75, 3.05) is 18.2 Å². The molecular formula is C12H13N3O2. The first-order valence-electron chi connectivity index (χ1n) is 5.05. The maximum Gasteiger partial charge on any atom is 0.147 e. The van der Waals surface area contributed by atoms with Crippen LogP contribution in [0.2, 0.25) is 0 Å². The van der Waals surface area contributed by atoms with Crippen molar-refractivity contribution in [3.05, 3.63) is 36.5 Å². The van der Waals surface area contributed by atoms with Crippen LogP contribution in [0.15, 0.2) is 36.5 Å². The third-order valence-corrected chi connectivity index (χ3v) is 2.28. The normalized spacial score (nSPS) is 9.94. The van der Waals surface area contributed by atoms with E-state index >= 15 is 0 Å². The number of para-hydroxylation sites is 2. The van der Waals surface area contributed by atoms with E-state index in [4.69, 9.17) is 10.5 Å². The Morgan fingerprint density at radius 2 is 2.12 bits per heavy atom. The molecule has 0 radical (unpaired) electrons. The van der Waals surface area contributed by atoms with Gasteiger partial charge in [-0.25, -0.2) is 4.98 Å². The first-order valence-corrected chi connectivity index (χ1v) is 5.05. The lowest BCUT2D eigenvalue weighted by atomic mass is 10.3. The summed E-state index contributed by atoms with van der Waals surface area (Å²) in [5.74, 6) is 1.25. The molecule has 5 heteroatoms. The molecule has 0 amide bonds. The first kappa shape index (κ1) is 11.1. The Balaban J connectivity index is 2.28. The molecule has 17 heavy (non-hydrogen) atoms. The van der Waals surface area contributed by atoms with Gasteiger partial charge in [-0.3, -0.25) is 0 Å². The van der Waals surface area contributed by atoms with E-state index in [0.717, 1.165) is 0 Å². The number of nitrogen functional groups attached to an aromatic ring is 1. The maximum absolute atomic E-state index is 9.61. The van der Waals surface area contributed by atoms with Gasteiger partial charge in [-0.05, 0) is 12.1 Å². The van der Waals surface area contributed by atoms with Crippen LogP contribution in [0.1, 0.15) is 0 Å². The van der Waals surface area contributed by atoms with Gasteiger partial charge < -0.3 is 20.9 Å². The predicted octanol–water partition coefficient (Wildman–Crippen LogP) is 2.12. The number of ether oxygens (including phenoxy) is 1. The zero-order valence-corrected chi connectivity index (χ0v) is 9.34. The SMILES string of the molecule is COc1cc(Nc2ccccc2O)ncc1N. The highest BCUT2D eigenvalue weighted by molar-refractivity contribution is 5.66. The number of hydrogen-bond acceptors (Lipinski definition) is 5. The summed E-state index contributed by atoms with van der Waals surface area (Å²) in [7, 11) is 1.54. The monoisotopic (exact) mass is 231 g/mol. The molecule has 1 heterocycles. The molecule has 0 fully saturated rings. The van der Waals surface area contributed by atoms with E-state index < -0.39 is 0 Å². The number of hydrogen-bond donors (Lipinski definition) is 3. The van der Waals surface area contributed by atoms with Gasteiger partial charge in [0.1, 0.15) is 17.3 Å². The van der Waals surface area contributed by atoms with Crippen LogP contribution in [-0.2, 0) is 0 Å². The van der Waals surface area contributed by atoms with E-state index in [2.05, 4.69) is 10.3 Å². The standard InChI is InChI=1S/C12H13N3O2/c1-17-11-6-12(14-7-8(11)13)15-9-4-2-3-5-10(9)16/h2-7,16H,13H2,1H3,(H,14,15). The van der Waals surface area contributed by atoms with Crippen molar-refractivity contribution < 1.29 is 9.84 Å². The van der Waals surface area contributed by atoms with Crippen molar-refractivity contribution in [2.45, 2.75) is 0 Å². The molecule has 0 saturated heterocycles. The van der Waals surface area contributed by atoms with Crippen LogP contribution in [-0.4, -0.2) is 17.2 Å². The fourth-order valence-electron chi connectivity index (χ4n) is 1.41. The third kappa shape index (κ3) is 2.39.